The minimum absolute atomic E-state index is 0.282. The van der Waals surface area contributed by atoms with Gasteiger partial charge in [0.05, 0.1) is 6.54 Å². The van der Waals surface area contributed by atoms with Crippen molar-refractivity contribution in [2.24, 2.45) is 10.9 Å². The van der Waals surface area contributed by atoms with Gasteiger partial charge in [0.15, 0.2) is 17.4 Å². The van der Waals surface area contributed by atoms with E-state index in [1.54, 1.807) is 13.2 Å². The van der Waals surface area contributed by atoms with E-state index in [0.29, 0.717) is 24.9 Å². The molecule has 3 aromatic heterocycles. The number of hydrogen-bond acceptors (Lipinski definition) is 5. The van der Waals surface area contributed by atoms with Crippen molar-refractivity contribution in [1.82, 2.24) is 30.2 Å². The molecule has 0 bridgehead atoms. The molecule has 8 heteroatoms. The molecule has 0 amide bonds. The molecule has 0 atom stereocenters. The molecular formula is C22H29N7O. The summed E-state index contributed by atoms with van der Waals surface area (Å²) in [7, 11) is 1.75. The van der Waals surface area contributed by atoms with Crippen molar-refractivity contribution in [3.05, 3.63) is 54.1 Å². The lowest BCUT2D eigenvalue weighted by atomic mass is 9.89. The molecule has 2 N–H and O–H groups in total. The molecule has 0 unspecified atom stereocenters. The fraction of sp³-hybridized carbons (Fsp3) is 0.455. The van der Waals surface area contributed by atoms with E-state index in [9.17, 15) is 0 Å². The second-order valence-corrected chi connectivity index (χ2v) is 7.83. The van der Waals surface area contributed by atoms with Crippen LogP contribution in [0.25, 0.3) is 5.65 Å². The Morgan fingerprint density at radius 1 is 1.13 bits per heavy atom. The molecule has 1 saturated carbocycles. The first kappa shape index (κ1) is 20.1. The van der Waals surface area contributed by atoms with E-state index in [1.807, 2.05) is 40.9 Å². The summed E-state index contributed by atoms with van der Waals surface area (Å²) in [6, 6.07) is 9.83. The van der Waals surface area contributed by atoms with Gasteiger partial charge in [-0.3, -0.25) is 9.39 Å². The summed E-state index contributed by atoms with van der Waals surface area (Å²) in [4.78, 5) is 8.68. The number of fused-ring (bicyclic) bond motifs is 1. The highest BCUT2D eigenvalue weighted by Gasteiger charge is 2.20. The molecular weight excluding hydrogens is 378 g/mol. The van der Waals surface area contributed by atoms with Crippen molar-refractivity contribution in [2.75, 3.05) is 7.05 Å². The lowest BCUT2D eigenvalue weighted by Crippen LogP contribution is -2.36. The van der Waals surface area contributed by atoms with E-state index in [-0.39, 0.29) is 6.10 Å². The van der Waals surface area contributed by atoms with Gasteiger partial charge in [-0.2, -0.15) is 0 Å². The van der Waals surface area contributed by atoms with E-state index >= 15 is 0 Å². The van der Waals surface area contributed by atoms with E-state index < -0.39 is 0 Å². The molecule has 8 nitrogen and oxygen atoms in total. The van der Waals surface area contributed by atoms with Crippen LogP contribution in [-0.4, -0.2) is 38.7 Å². The molecule has 3 heterocycles. The minimum atomic E-state index is 0.282. The zero-order chi connectivity index (χ0) is 20.8. The van der Waals surface area contributed by atoms with Crippen LogP contribution in [-0.2, 0) is 13.1 Å². The number of ether oxygens (including phenoxy) is 1. The van der Waals surface area contributed by atoms with Crippen LogP contribution in [0.4, 0.5) is 0 Å². The van der Waals surface area contributed by atoms with Crippen LogP contribution >= 0.6 is 0 Å². The largest absolute Gasteiger partial charge is 0.474 e. The predicted molar refractivity (Wildman–Crippen MR) is 116 cm³/mol. The molecule has 0 saturated heterocycles. The topological polar surface area (TPSA) is 88.7 Å². The third kappa shape index (κ3) is 5.06. The summed E-state index contributed by atoms with van der Waals surface area (Å²) in [5.74, 6) is 3.04. The third-order valence-corrected chi connectivity index (χ3v) is 5.53. The number of guanidine groups is 1. The zero-order valence-electron chi connectivity index (χ0n) is 17.6. The highest BCUT2D eigenvalue weighted by atomic mass is 16.5. The Hall–Kier alpha value is -3.16. The first-order valence-electron chi connectivity index (χ1n) is 10.6. The zero-order valence-corrected chi connectivity index (χ0v) is 17.6. The number of aromatic nitrogens is 4. The van der Waals surface area contributed by atoms with E-state index in [1.165, 1.54) is 12.8 Å². The van der Waals surface area contributed by atoms with Crippen LogP contribution in [0.3, 0.4) is 0 Å². The second-order valence-electron chi connectivity index (χ2n) is 7.83. The average molecular weight is 408 g/mol. The Bertz CT molecular complexity index is 992. The number of nitrogens with zero attached hydrogens (tertiary/aromatic N) is 5. The fourth-order valence-corrected chi connectivity index (χ4v) is 3.72. The molecule has 0 aliphatic heterocycles. The van der Waals surface area contributed by atoms with Gasteiger partial charge >= 0.3 is 0 Å². The summed E-state index contributed by atoms with van der Waals surface area (Å²) < 4.78 is 8.07. The predicted octanol–water partition coefficient (Wildman–Crippen LogP) is 2.95. The molecule has 4 rings (SSSR count). The minimum Gasteiger partial charge on any atom is -0.474 e. The SMILES string of the molecule is CN=C(NCc1ccnc(OC2CCC(C)CC2)c1)NCc1nnc2ccccn12. The first-order valence-corrected chi connectivity index (χ1v) is 10.6. The number of hydrogen-bond donors (Lipinski definition) is 2. The first-order chi connectivity index (χ1) is 14.7. The Kier molecular flexibility index (Phi) is 6.41. The molecule has 0 spiro atoms. The maximum absolute atomic E-state index is 6.11. The standard InChI is InChI=1S/C22H29N7O/c1-16-6-8-18(9-7-16)30-21-13-17(10-11-24-21)14-25-22(23-2)26-15-20-28-27-19-5-3-4-12-29(19)20/h3-5,10-13,16,18H,6-9,14-15H2,1-2H3,(H2,23,25,26). The molecule has 0 radical (unpaired) electrons. The summed E-state index contributed by atoms with van der Waals surface area (Å²) in [6.45, 7) is 3.46. The van der Waals surface area contributed by atoms with Gasteiger partial charge in [0.1, 0.15) is 6.10 Å². The van der Waals surface area contributed by atoms with Crippen LogP contribution in [0.15, 0.2) is 47.7 Å². The van der Waals surface area contributed by atoms with Gasteiger partial charge in [0.2, 0.25) is 5.88 Å². The highest BCUT2D eigenvalue weighted by molar-refractivity contribution is 5.79. The van der Waals surface area contributed by atoms with Crippen LogP contribution in [0.5, 0.6) is 5.88 Å². The maximum atomic E-state index is 6.11. The van der Waals surface area contributed by atoms with Gasteiger partial charge in [-0.1, -0.05) is 13.0 Å². The maximum Gasteiger partial charge on any atom is 0.213 e. The van der Waals surface area contributed by atoms with Crippen molar-refractivity contribution in [1.29, 1.82) is 0 Å². The second kappa shape index (κ2) is 9.56. The molecule has 30 heavy (non-hydrogen) atoms. The van der Waals surface area contributed by atoms with E-state index in [4.69, 9.17) is 4.74 Å². The Balaban J connectivity index is 1.29. The monoisotopic (exact) mass is 407 g/mol. The van der Waals surface area contributed by atoms with E-state index in [2.05, 4.69) is 37.7 Å². The Labute approximate surface area is 176 Å². The Morgan fingerprint density at radius 3 is 2.80 bits per heavy atom. The van der Waals surface area contributed by atoms with Crippen molar-refractivity contribution in [3.8, 4) is 5.88 Å². The third-order valence-electron chi connectivity index (χ3n) is 5.53. The van der Waals surface area contributed by atoms with Gasteiger partial charge < -0.3 is 15.4 Å². The smallest absolute Gasteiger partial charge is 0.213 e. The normalized spacial score (nSPS) is 19.6. The van der Waals surface area contributed by atoms with Crippen LogP contribution in [0, 0.1) is 5.92 Å². The number of aliphatic imine (C=N–C) groups is 1. The Morgan fingerprint density at radius 2 is 1.97 bits per heavy atom. The summed E-state index contributed by atoms with van der Waals surface area (Å²) in [5, 5.41) is 15.0. The van der Waals surface area contributed by atoms with Crippen LogP contribution in [0.1, 0.15) is 44.0 Å². The lowest BCUT2D eigenvalue weighted by Gasteiger charge is -2.26. The molecule has 1 aliphatic rings. The van der Waals surface area contributed by atoms with Gasteiger partial charge in [-0.05, 0) is 55.4 Å². The van der Waals surface area contributed by atoms with E-state index in [0.717, 1.165) is 35.8 Å². The molecule has 158 valence electrons. The number of pyridine rings is 2. The average Bonchev–Trinajstić information content (AvgIpc) is 3.19. The van der Waals surface area contributed by atoms with Crippen molar-refractivity contribution in [2.45, 2.75) is 51.8 Å². The number of rotatable bonds is 6. The van der Waals surface area contributed by atoms with Crippen molar-refractivity contribution in [3.63, 3.8) is 0 Å². The highest BCUT2D eigenvalue weighted by Crippen LogP contribution is 2.26. The molecule has 1 fully saturated rings. The van der Waals surface area contributed by atoms with Gasteiger partial charge in [0, 0.05) is 32.1 Å². The van der Waals surface area contributed by atoms with Crippen LogP contribution < -0.4 is 15.4 Å². The summed E-state index contributed by atoms with van der Waals surface area (Å²) in [5.41, 5.74) is 1.93. The van der Waals surface area contributed by atoms with Gasteiger partial charge in [-0.15, -0.1) is 10.2 Å². The lowest BCUT2D eigenvalue weighted by molar-refractivity contribution is 0.130. The number of nitrogens with one attached hydrogen (secondary N) is 2. The molecule has 0 aromatic carbocycles. The van der Waals surface area contributed by atoms with Crippen molar-refractivity contribution < 1.29 is 4.74 Å². The fourth-order valence-electron chi connectivity index (χ4n) is 3.72. The summed E-state index contributed by atoms with van der Waals surface area (Å²) in [6.07, 6.45) is 8.72. The van der Waals surface area contributed by atoms with Crippen LogP contribution in [0.2, 0.25) is 0 Å². The van der Waals surface area contributed by atoms with Crippen molar-refractivity contribution >= 4 is 11.6 Å². The van der Waals surface area contributed by atoms with Gasteiger partial charge in [0.25, 0.3) is 0 Å². The van der Waals surface area contributed by atoms with Gasteiger partial charge in [-0.25, -0.2) is 4.98 Å². The quantitative estimate of drug-likeness (QED) is 0.482. The molecule has 3 aromatic rings. The summed E-state index contributed by atoms with van der Waals surface area (Å²) >= 11 is 0. The molecule has 1 aliphatic carbocycles.